The largest absolute Gasteiger partial charge is 0.480 e. The number of nitrogens with one attached hydrogen (secondary N) is 3. The Balaban J connectivity index is 5.53. The highest BCUT2D eigenvalue weighted by Gasteiger charge is 2.32. The van der Waals surface area contributed by atoms with Crippen LogP contribution in [0.2, 0.25) is 0 Å². The third-order valence-corrected chi connectivity index (χ3v) is 5.94. The normalized spacial score (nSPS) is 14.8. The number of nitrogens with zero attached hydrogens (tertiary/aromatic N) is 2. The first-order valence-corrected chi connectivity index (χ1v) is 12.7. The maximum atomic E-state index is 13.2. The number of carbonyl (C=O) groups excluding carboxylic acids is 3. The zero-order valence-electron chi connectivity index (χ0n) is 22.8. The van der Waals surface area contributed by atoms with Gasteiger partial charge in [-0.2, -0.15) is 0 Å². The first kappa shape index (κ1) is 34.4. The molecular formula is C23H46N10O5. The van der Waals surface area contributed by atoms with Crippen LogP contribution in [0, 0.1) is 11.8 Å². The number of nitrogens with two attached hydrogens (primary N) is 5. The highest BCUT2D eigenvalue weighted by molar-refractivity contribution is 5.94. The maximum absolute atomic E-state index is 13.2. The van der Waals surface area contributed by atoms with Crippen molar-refractivity contribution in [3.63, 3.8) is 0 Å². The number of carboxylic acids is 1. The molecule has 15 nitrogen and oxygen atoms in total. The van der Waals surface area contributed by atoms with Gasteiger partial charge < -0.3 is 49.7 Å². The Labute approximate surface area is 223 Å². The maximum Gasteiger partial charge on any atom is 0.326 e. The summed E-state index contributed by atoms with van der Waals surface area (Å²) >= 11 is 0. The first-order valence-electron chi connectivity index (χ1n) is 12.7. The molecule has 0 spiro atoms. The quantitative estimate of drug-likeness (QED) is 0.0505. The van der Waals surface area contributed by atoms with Crippen molar-refractivity contribution < 1.29 is 24.3 Å². The second-order valence-electron chi connectivity index (χ2n) is 9.50. The summed E-state index contributed by atoms with van der Waals surface area (Å²) < 4.78 is 0. The molecule has 0 aromatic heterocycles. The van der Waals surface area contributed by atoms with Crippen LogP contribution in [0.5, 0.6) is 0 Å². The second-order valence-corrected chi connectivity index (χ2v) is 9.50. The van der Waals surface area contributed by atoms with Crippen molar-refractivity contribution in [1.29, 1.82) is 0 Å². The molecule has 0 saturated carbocycles. The fraction of sp³-hybridized carbons (Fsp3) is 0.739. The van der Waals surface area contributed by atoms with Crippen molar-refractivity contribution in [1.82, 2.24) is 16.0 Å². The summed E-state index contributed by atoms with van der Waals surface area (Å²) in [6.07, 6.45) is 1.60. The van der Waals surface area contributed by atoms with E-state index < -0.39 is 53.8 Å². The number of aliphatic imine (C=N–C) groups is 2. The Hall–Kier alpha value is -3.62. The number of aliphatic carboxylic acids is 1. The van der Waals surface area contributed by atoms with E-state index in [1.807, 2.05) is 13.8 Å². The minimum atomic E-state index is -1.24. The Morgan fingerprint density at radius 3 is 1.66 bits per heavy atom. The van der Waals surface area contributed by atoms with Gasteiger partial charge in [-0.05, 0) is 37.5 Å². The van der Waals surface area contributed by atoms with Crippen molar-refractivity contribution in [3.8, 4) is 0 Å². The standard InChI is InChI=1S/C23H46N10O5/c1-5-13(4)16(24)19(35)31-14(8-6-10-29-22(25)26)18(34)33-17(12(2)3)20(36)32-15(21(37)38)9-7-11-30-23(27)28/h12-17H,5-11,24H2,1-4H3,(H,31,35)(H,32,36)(H,33,34)(H,37,38)(H4,25,26,29)(H4,27,28,30). The summed E-state index contributed by atoms with van der Waals surface area (Å²) in [5.41, 5.74) is 27.2. The summed E-state index contributed by atoms with van der Waals surface area (Å²) in [5.74, 6) is -3.76. The third-order valence-electron chi connectivity index (χ3n) is 5.94. The molecule has 0 aliphatic rings. The lowest BCUT2D eigenvalue weighted by Crippen LogP contribution is -2.58. The molecule has 0 radical (unpaired) electrons. The van der Waals surface area contributed by atoms with Crippen LogP contribution in [-0.2, 0) is 19.2 Å². The summed E-state index contributed by atoms with van der Waals surface area (Å²) in [7, 11) is 0. The fourth-order valence-corrected chi connectivity index (χ4v) is 3.36. The van der Waals surface area contributed by atoms with Crippen LogP contribution < -0.4 is 44.6 Å². The van der Waals surface area contributed by atoms with Gasteiger partial charge >= 0.3 is 5.97 Å². The van der Waals surface area contributed by atoms with E-state index >= 15 is 0 Å². The van der Waals surface area contributed by atoms with E-state index in [1.54, 1.807) is 13.8 Å². The van der Waals surface area contributed by atoms with Crippen LogP contribution in [0.25, 0.3) is 0 Å². The average Bonchev–Trinajstić information content (AvgIpc) is 2.83. The Kier molecular flexibility index (Phi) is 16.1. The lowest BCUT2D eigenvalue weighted by Gasteiger charge is -2.27. The number of rotatable bonds is 18. The molecule has 38 heavy (non-hydrogen) atoms. The third kappa shape index (κ3) is 13.6. The molecule has 5 unspecified atom stereocenters. The first-order chi connectivity index (χ1) is 17.7. The van der Waals surface area contributed by atoms with E-state index in [0.29, 0.717) is 19.3 Å². The molecule has 0 aliphatic carbocycles. The SMILES string of the molecule is CCC(C)C(N)C(=O)NC(CCCN=C(N)N)C(=O)NC(C(=O)NC(CCCN=C(N)N)C(=O)O)C(C)C. The lowest BCUT2D eigenvalue weighted by atomic mass is 9.98. The van der Waals surface area contributed by atoms with Gasteiger partial charge in [-0.3, -0.25) is 24.4 Å². The molecule has 0 aromatic carbocycles. The summed E-state index contributed by atoms with van der Waals surface area (Å²) in [6, 6.07) is -4.12. The van der Waals surface area contributed by atoms with E-state index in [0.717, 1.165) is 0 Å². The molecule has 218 valence electrons. The summed E-state index contributed by atoms with van der Waals surface area (Å²) in [5, 5.41) is 17.3. The van der Waals surface area contributed by atoms with E-state index in [2.05, 4.69) is 25.9 Å². The predicted molar refractivity (Wildman–Crippen MR) is 146 cm³/mol. The van der Waals surface area contributed by atoms with Gasteiger partial charge in [-0.25, -0.2) is 4.79 Å². The summed E-state index contributed by atoms with van der Waals surface area (Å²) in [6.45, 7) is 7.55. The van der Waals surface area contributed by atoms with Crippen molar-refractivity contribution in [2.75, 3.05) is 13.1 Å². The van der Waals surface area contributed by atoms with Gasteiger partial charge in [0.15, 0.2) is 11.9 Å². The zero-order valence-corrected chi connectivity index (χ0v) is 22.8. The van der Waals surface area contributed by atoms with Crippen molar-refractivity contribution >= 4 is 35.6 Å². The van der Waals surface area contributed by atoms with Crippen LogP contribution in [0.3, 0.4) is 0 Å². The minimum Gasteiger partial charge on any atom is -0.480 e. The lowest BCUT2D eigenvalue weighted by molar-refractivity contribution is -0.142. The molecule has 15 heteroatoms. The monoisotopic (exact) mass is 542 g/mol. The van der Waals surface area contributed by atoms with Crippen LogP contribution in [0.4, 0.5) is 0 Å². The molecule has 0 aromatic rings. The number of amides is 3. The number of hydrogen-bond donors (Lipinski definition) is 9. The van der Waals surface area contributed by atoms with Gasteiger partial charge in [-0.15, -0.1) is 0 Å². The van der Waals surface area contributed by atoms with Crippen LogP contribution in [0.15, 0.2) is 9.98 Å². The molecule has 0 heterocycles. The van der Waals surface area contributed by atoms with Gasteiger partial charge in [-0.1, -0.05) is 34.1 Å². The van der Waals surface area contributed by atoms with Crippen LogP contribution >= 0.6 is 0 Å². The Morgan fingerprint density at radius 2 is 1.24 bits per heavy atom. The zero-order chi connectivity index (χ0) is 29.4. The van der Waals surface area contributed by atoms with Crippen LogP contribution in [0.1, 0.15) is 59.8 Å². The number of carbonyl (C=O) groups is 4. The van der Waals surface area contributed by atoms with E-state index in [4.69, 9.17) is 28.7 Å². The van der Waals surface area contributed by atoms with E-state index in [1.165, 1.54) is 0 Å². The molecular weight excluding hydrogens is 496 g/mol. The molecule has 0 fully saturated rings. The molecule has 0 aliphatic heterocycles. The topological polar surface area (TPSA) is 279 Å². The highest BCUT2D eigenvalue weighted by atomic mass is 16.4. The highest BCUT2D eigenvalue weighted by Crippen LogP contribution is 2.09. The Morgan fingerprint density at radius 1 is 0.763 bits per heavy atom. The van der Waals surface area contributed by atoms with E-state index in [-0.39, 0.29) is 43.8 Å². The summed E-state index contributed by atoms with van der Waals surface area (Å²) in [4.78, 5) is 58.2. The Bertz CT molecular complexity index is 840. The van der Waals surface area contributed by atoms with Crippen molar-refractivity contribution in [2.24, 2.45) is 50.5 Å². The molecule has 0 bridgehead atoms. The van der Waals surface area contributed by atoms with Crippen molar-refractivity contribution in [2.45, 2.75) is 84.0 Å². The van der Waals surface area contributed by atoms with Gasteiger partial charge in [0.1, 0.15) is 18.1 Å². The number of carboxylic acid groups (broad SMARTS) is 1. The smallest absolute Gasteiger partial charge is 0.326 e. The molecule has 3 amide bonds. The molecule has 0 saturated heterocycles. The average molecular weight is 543 g/mol. The van der Waals surface area contributed by atoms with Gasteiger partial charge in [0, 0.05) is 13.1 Å². The van der Waals surface area contributed by atoms with Gasteiger partial charge in [0.05, 0.1) is 6.04 Å². The van der Waals surface area contributed by atoms with E-state index in [9.17, 15) is 24.3 Å². The minimum absolute atomic E-state index is 0.0770. The van der Waals surface area contributed by atoms with Crippen LogP contribution in [-0.4, -0.2) is 78.0 Å². The van der Waals surface area contributed by atoms with Crippen molar-refractivity contribution in [3.05, 3.63) is 0 Å². The molecule has 0 rings (SSSR count). The molecule has 14 N–H and O–H groups in total. The number of hydrogen-bond acceptors (Lipinski definition) is 7. The predicted octanol–water partition coefficient (Wildman–Crippen LogP) is -2.34. The second kappa shape index (κ2) is 17.8. The van der Waals surface area contributed by atoms with Gasteiger partial charge in [0.2, 0.25) is 17.7 Å². The number of guanidine groups is 2. The fourth-order valence-electron chi connectivity index (χ4n) is 3.36. The van der Waals surface area contributed by atoms with Gasteiger partial charge in [0.25, 0.3) is 0 Å². The molecule has 5 atom stereocenters.